The first-order chi connectivity index (χ1) is 14.9. The van der Waals surface area contributed by atoms with Gasteiger partial charge in [-0.1, -0.05) is 30.3 Å². The molecule has 5 nitrogen and oxygen atoms in total. The number of fused-ring (bicyclic) bond motifs is 3. The normalized spacial score (nSPS) is 25.2. The van der Waals surface area contributed by atoms with Gasteiger partial charge in [0.25, 0.3) is 0 Å². The molecule has 166 valence electrons. The molecule has 0 aliphatic carbocycles. The molecule has 3 N–H and O–H groups in total. The summed E-state index contributed by atoms with van der Waals surface area (Å²) < 4.78 is 46.5. The van der Waals surface area contributed by atoms with Crippen molar-refractivity contribution in [3.05, 3.63) is 65.2 Å². The van der Waals surface area contributed by atoms with E-state index in [1.54, 1.807) is 4.90 Å². The number of benzene rings is 2. The van der Waals surface area contributed by atoms with Crippen molar-refractivity contribution >= 4 is 12.1 Å². The quantitative estimate of drug-likeness (QED) is 0.673. The number of rotatable bonds is 6. The van der Waals surface area contributed by atoms with E-state index in [0.717, 1.165) is 30.9 Å². The second-order valence-electron chi connectivity index (χ2n) is 8.14. The zero-order valence-electron chi connectivity index (χ0n) is 17.0. The molecular formula is C23H26F3N3O2. The molecule has 8 heteroatoms. The summed E-state index contributed by atoms with van der Waals surface area (Å²) in [5.74, 6) is -0.0196. The second kappa shape index (κ2) is 8.88. The molecule has 0 saturated carbocycles. The molecule has 2 aromatic rings. The highest BCUT2D eigenvalue weighted by molar-refractivity contribution is 5.58. The molecule has 0 aromatic heterocycles. The lowest BCUT2D eigenvalue weighted by molar-refractivity contribution is -0.138. The molecule has 4 rings (SSSR count). The van der Waals surface area contributed by atoms with Crippen LogP contribution in [0.2, 0.25) is 0 Å². The van der Waals surface area contributed by atoms with Crippen molar-refractivity contribution in [2.45, 2.75) is 37.3 Å². The fourth-order valence-electron chi connectivity index (χ4n) is 4.67. The van der Waals surface area contributed by atoms with Gasteiger partial charge in [-0.15, -0.1) is 0 Å². The number of carbonyl (C=O) groups is 1. The van der Waals surface area contributed by atoms with Crippen molar-refractivity contribution in [2.24, 2.45) is 11.7 Å². The third-order valence-corrected chi connectivity index (χ3v) is 6.14. The van der Waals surface area contributed by atoms with Crippen LogP contribution >= 0.6 is 0 Å². The lowest BCUT2D eigenvalue weighted by Crippen LogP contribution is -2.43. The first-order valence-electron chi connectivity index (χ1n) is 10.5. The minimum atomic E-state index is -4.43. The maximum absolute atomic E-state index is 13.4. The van der Waals surface area contributed by atoms with Crippen molar-refractivity contribution < 1.29 is 22.7 Å². The maximum Gasteiger partial charge on any atom is 0.416 e. The zero-order chi connectivity index (χ0) is 22.0. The van der Waals surface area contributed by atoms with Crippen LogP contribution in [0.3, 0.4) is 0 Å². The van der Waals surface area contributed by atoms with Gasteiger partial charge in [-0.25, -0.2) is 0 Å². The second-order valence-corrected chi connectivity index (χ2v) is 8.14. The van der Waals surface area contributed by atoms with Gasteiger partial charge in [0.15, 0.2) is 0 Å². The van der Waals surface area contributed by atoms with E-state index in [0.29, 0.717) is 30.9 Å². The highest BCUT2D eigenvalue weighted by Crippen LogP contribution is 2.51. The summed E-state index contributed by atoms with van der Waals surface area (Å²) in [5, 5.41) is 3.45. The Hall–Kier alpha value is -2.58. The molecule has 1 saturated heterocycles. The highest BCUT2D eigenvalue weighted by Gasteiger charge is 2.43. The number of ether oxygens (including phenoxy) is 1. The third kappa shape index (κ3) is 4.55. The number of halogens is 3. The molecule has 0 spiro atoms. The number of alkyl halides is 3. The lowest BCUT2D eigenvalue weighted by Gasteiger charge is -2.46. The Kier molecular flexibility index (Phi) is 6.20. The molecule has 0 radical (unpaired) electrons. The summed E-state index contributed by atoms with van der Waals surface area (Å²) in [7, 11) is 0. The van der Waals surface area contributed by atoms with E-state index in [9.17, 15) is 18.0 Å². The van der Waals surface area contributed by atoms with Crippen molar-refractivity contribution in [3.63, 3.8) is 0 Å². The SMILES string of the molecule is NCCN(C=O)CC1CCC2C(O1)c1cc(C(F)(F)F)ccc1N[C@H]2c1ccccc1. The molecule has 2 heterocycles. The van der Waals surface area contributed by atoms with Gasteiger partial charge in [0.2, 0.25) is 6.41 Å². The van der Waals surface area contributed by atoms with Crippen LogP contribution in [0.4, 0.5) is 18.9 Å². The number of hydrogen-bond acceptors (Lipinski definition) is 4. The molecular weight excluding hydrogens is 407 g/mol. The summed E-state index contributed by atoms with van der Waals surface area (Å²) in [6, 6.07) is 13.6. The summed E-state index contributed by atoms with van der Waals surface area (Å²) in [5.41, 5.74) is 7.12. The average molecular weight is 433 g/mol. The minimum absolute atomic E-state index is 0.0196. The van der Waals surface area contributed by atoms with Crippen LogP contribution in [0.15, 0.2) is 48.5 Å². The minimum Gasteiger partial charge on any atom is -0.378 e. The van der Waals surface area contributed by atoms with E-state index in [-0.39, 0.29) is 18.1 Å². The first-order valence-corrected chi connectivity index (χ1v) is 10.5. The van der Waals surface area contributed by atoms with Gasteiger partial charge >= 0.3 is 6.18 Å². The van der Waals surface area contributed by atoms with E-state index < -0.39 is 17.8 Å². The average Bonchev–Trinajstić information content (AvgIpc) is 2.77. The van der Waals surface area contributed by atoms with Gasteiger partial charge in [0.05, 0.1) is 23.8 Å². The number of nitrogens with one attached hydrogen (secondary N) is 1. The number of amides is 1. The van der Waals surface area contributed by atoms with Crippen molar-refractivity contribution in [1.29, 1.82) is 0 Å². The van der Waals surface area contributed by atoms with Gasteiger partial charge in [0, 0.05) is 36.8 Å². The molecule has 1 fully saturated rings. The third-order valence-electron chi connectivity index (χ3n) is 6.14. The fraction of sp³-hybridized carbons (Fsp3) is 0.435. The molecule has 2 aliphatic rings. The molecule has 2 aliphatic heterocycles. The molecule has 1 amide bonds. The largest absolute Gasteiger partial charge is 0.416 e. The predicted octanol–water partition coefficient (Wildman–Crippen LogP) is 4.13. The van der Waals surface area contributed by atoms with Crippen molar-refractivity contribution in [1.82, 2.24) is 4.90 Å². The van der Waals surface area contributed by atoms with E-state index in [4.69, 9.17) is 10.5 Å². The van der Waals surface area contributed by atoms with Crippen LogP contribution in [0.5, 0.6) is 0 Å². The topological polar surface area (TPSA) is 67.6 Å². The number of carbonyl (C=O) groups excluding carboxylic acids is 1. The summed E-state index contributed by atoms with van der Waals surface area (Å²) in [4.78, 5) is 12.9. The monoisotopic (exact) mass is 433 g/mol. The van der Waals surface area contributed by atoms with Gasteiger partial charge in [-0.05, 0) is 36.6 Å². The number of nitrogens with two attached hydrogens (primary N) is 1. The Balaban J connectivity index is 1.67. The first kappa shape index (κ1) is 21.6. The smallest absolute Gasteiger partial charge is 0.378 e. The van der Waals surface area contributed by atoms with Crippen molar-refractivity contribution in [2.75, 3.05) is 25.0 Å². The Morgan fingerprint density at radius 1 is 1.16 bits per heavy atom. The van der Waals surface area contributed by atoms with Crippen LogP contribution in [0.1, 0.15) is 41.7 Å². The summed E-state index contributed by atoms with van der Waals surface area (Å²) in [6.45, 7) is 1.14. The number of hydrogen-bond donors (Lipinski definition) is 2. The Morgan fingerprint density at radius 2 is 1.94 bits per heavy atom. The van der Waals surface area contributed by atoms with Crippen LogP contribution in [-0.2, 0) is 15.7 Å². The standard InChI is InChI=1S/C23H26F3N3O2/c24-23(25,26)16-6-9-20-19(12-16)22-18(21(28-20)15-4-2-1-3-5-15)8-7-17(31-22)13-29(14-30)11-10-27/h1-6,9,12,14,17-18,21-22,28H,7-8,10-11,13,27H2/t17?,18?,21-,22?/m0/s1. The van der Waals surface area contributed by atoms with Crippen LogP contribution in [0, 0.1) is 5.92 Å². The molecule has 31 heavy (non-hydrogen) atoms. The van der Waals surface area contributed by atoms with E-state index in [1.165, 1.54) is 12.1 Å². The van der Waals surface area contributed by atoms with Crippen molar-refractivity contribution in [3.8, 4) is 0 Å². The molecule has 0 bridgehead atoms. The van der Waals surface area contributed by atoms with Crippen LogP contribution in [0.25, 0.3) is 0 Å². The van der Waals surface area contributed by atoms with Crippen LogP contribution in [-0.4, -0.2) is 37.0 Å². The Labute approximate surface area is 179 Å². The van der Waals surface area contributed by atoms with E-state index in [2.05, 4.69) is 5.32 Å². The number of anilines is 1. The van der Waals surface area contributed by atoms with Gasteiger partial charge < -0.3 is 20.7 Å². The fourth-order valence-corrected chi connectivity index (χ4v) is 4.67. The zero-order valence-corrected chi connectivity index (χ0v) is 17.0. The van der Waals surface area contributed by atoms with Gasteiger partial charge in [-0.2, -0.15) is 13.2 Å². The summed E-state index contributed by atoms with van der Waals surface area (Å²) in [6.07, 6.45) is -2.94. The molecule has 4 atom stereocenters. The van der Waals surface area contributed by atoms with Crippen LogP contribution < -0.4 is 11.1 Å². The van der Waals surface area contributed by atoms with Gasteiger partial charge in [0.1, 0.15) is 0 Å². The highest BCUT2D eigenvalue weighted by atomic mass is 19.4. The Morgan fingerprint density at radius 3 is 2.61 bits per heavy atom. The predicted molar refractivity (Wildman–Crippen MR) is 111 cm³/mol. The maximum atomic E-state index is 13.4. The van der Waals surface area contributed by atoms with Gasteiger partial charge in [-0.3, -0.25) is 4.79 Å². The lowest BCUT2D eigenvalue weighted by atomic mass is 9.76. The van der Waals surface area contributed by atoms with E-state index >= 15 is 0 Å². The summed E-state index contributed by atoms with van der Waals surface area (Å²) >= 11 is 0. The van der Waals surface area contributed by atoms with E-state index in [1.807, 2.05) is 30.3 Å². The molecule has 2 aromatic carbocycles. The Bertz CT molecular complexity index is 907. The molecule has 3 unspecified atom stereocenters. The number of nitrogens with zero attached hydrogens (tertiary/aromatic N) is 1.